The van der Waals surface area contributed by atoms with Crippen LogP contribution in [0.25, 0.3) is 0 Å². The van der Waals surface area contributed by atoms with Crippen molar-refractivity contribution in [1.29, 1.82) is 0 Å². The number of nitrogens with zero attached hydrogens (tertiary/aromatic N) is 1. The maximum absolute atomic E-state index is 12.1. The fourth-order valence-electron chi connectivity index (χ4n) is 1.87. The van der Waals surface area contributed by atoms with E-state index in [1.54, 1.807) is 0 Å². The Morgan fingerprint density at radius 2 is 2.05 bits per heavy atom. The van der Waals surface area contributed by atoms with Crippen LogP contribution in [0.2, 0.25) is 5.02 Å². The molecule has 2 rings (SSSR count). The Balaban J connectivity index is 2.05. The predicted molar refractivity (Wildman–Crippen MR) is 83.7 cm³/mol. The highest BCUT2D eigenvalue weighted by Crippen LogP contribution is 2.19. The van der Waals surface area contributed by atoms with Gasteiger partial charge in [-0.05, 0) is 30.5 Å². The van der Waals surface area contributed by atoms with Crippen molar-refractivity contribution in [2.24, 2.45) is 0 Å². The Kier molecular flexibility index (Phi) is 4.82. The molecule has 0 atom stereocenters. The van der Waals surface area contributed by atoms with E-state index in [9.17, 15) is 8.42 Å². The largest absolute Gasteiger partial charge is 0.382 e. The third-order valence-corrected chi connectivity index (χ3v) is 4.83. The van der Waals surface area contributed by atoms with Gasteiger partial charge >= 0.3 is 0 Å². The first-order valence-corrected chi connectivity index (χ1v) is 8.21. The number of nitrogen functional groups attached to an aromatic ring is 1. The van der Waals surface area contributed by atoms with Gasteiger partial charge in [0.25, 0.3) is 0 Å². The van der Waals surface area contributed by atoms with Gasteiger partial charge in [-0.15, -0.1) is 0 Å². The van der Waals surface area contributed by atoms with Crippen LogP contribution in [0.15, 0.2) is 41.4 Å². The number of aromatic nitrogens is 1. The van der Waals surface area contributed by atoms with Crippen molar-refractivity contribution < 1.29 is 8.42 Å². The Morgan fingerprint density at radius 1 is 1.33 bits per heavy atom. The van der Waals surface area contributed by atoms with E-state index in [4.69, 9.17) is 17.3 Å². The average Bonchev–Trinajstić information content (AvgIpc) is 2.44. The van der Waals surface area contributed by atoms with E-state index in [1.165, 1.54) is 12.3 Å². The number of hydrogen-bond acceptors (Lipinski definition) is 4. The molecule has 0 aliphatic heterocycles. The van der Waals surface area contributed by atoms with E-state index in [2.05, 4.69) is 9.71 Å². The van der Waals surface area contributed by atoms with E-state index >= 15 is 0 Å². The SMILES string of the molecule is Cc1ccccc1CCNS(=O)(=O)c1cnc(N)c(Cl)c1. The second kappa shape index (κ2) is 6.43. The summed E-state index contributed by atoms with van der Waals surface area (Å²) < 4.78 is 26.8. The van der Waals surface area contributed by atoms with Crippen LogP contribution in [-0.2, 0) is 16.4 Å². The van der Waals surface area contributed by atoms with Crippen LogP contribution in [-0.4, -0.2) is 19.9 Å². The molecular weight excluding hydrogens is 310 g/mol. The molecule has 0 fully saturated rings. The van der Waals surface area contributed by atoms with Gasteiger partial charge < -0.3 is 5.73 Å². The first-order chi connectivity index (χ1) is 9.90. The molecule has 0 unspecified atom stereocenters. The highest BCUT2D eigenvalue weighted by atomic mass is 35.5. The lowest BCUT2D eigenvalue weighted by atomic mass is 10.1. The molecule has 7 heteroatoms. The van der Waals surface area contributed by atoms with Crippen molar-refractivity contribution >= 4 is 27.4 Å². The number of rotatable bonds is 5. The summed E-state index contributed by atoms with van der Waals surface area (Å²) in [7, 11) is -3.64. The number of nitrogens with one attached hydrogen (secondary N) is 1. The molecule has 5 nitrogen and oxygen atoms in total. The third kappa shape index (κ3) is 3.93. The second-order valence-electron chi connectivity index (χ2n) is 4.61. The lowest BCUT2D eigenvalue weighted by Crippen LogP contribution is -2.26. The van der Waals surface area contributed by atoms with Crippen molar-refractivity contribution in [2.75, 3.05) is 12.3 Å². The number of benzene rings is 1. The number of aryl methyl sites for hydroxylation is 1. The Morgan fingerprint density at radius 3 is 2.71 bits per heavy atom. The molecule has 0 saturated heterocycles. The normalized spacial score (nSPS) is 11.5. The molecule has 0 aliphatic carbocycles. The summed E-state index contributed by atoms with van der Waals surface area (Å²) in [5.41, 5.74) is 7.70. The average molecular weight is 326 g/mol. The number of anilines is 1. The van der Waals surface area contributed by atoms with Gasteiger partial charge in [0.15, 0.2) is 0 Å². The minimum atomic E-state index is -3.64. The highest BCUT2D eigenvalue weighted by molar-refractivity contribution is 7.89. The van der Waals surface area contributed by atoms with Crippen LogP contribution in [0, 0.1) is 6.92 Å². The molecule has 21 heavy (non-hydrogen) atoms. The smallest absolute Gasteiger partial charge is 0.242 e. The molecule has 2 aromatic rings. The van der Waals surface area contributed by atoms with E-state index in [0.29, 0.717) is 13.0 Å². The summed E-state index contributed by atoms with van der Waals surface area (Å²) in [5, 5.41) is 0.122. The van der Waals surface area contributed by atoms with Crippen LogP contribution in [0.4, 0.5) is 5.82 Å². The van der Waals surface area contributed by atoms with Gasteiger partial charge in [-0.1, -0.05) is 35.9 Å². The zero-order chi connectivity index (χ0) is 15.5. The molecule has 0 bridgehead atoms. The molecule has 112 valence electrons. The summed E-state index contributed by atoms with van der Waals surface area (Å²) in [4.78, 5) is 3.76. The standard InChI is InChI=1S/C14H16ClN3O2S/c1-10-4-2-3-5-11(10)6-7-18-21(19,20)12-8-13(15)14(16)17-9-12/h2-5,8-9,18H,6-7H2,1H3,(H2,16,17). The quantitative estimate of drug-likeness (QED) is 0.882. The molecule has 0 aliphatic rings. The minimum Gasteiger partial charge on any atom is -0.382 e. The van der Waals surface area contributed by atoms with Gasteiger partial charge in [0, 0.05) is 12.7 Å². The number of sulfonamides is 1. The molecule has 1 aromatic carbocycles. The first kappa shape index (κ1) is 15.8. The van der Waals surface area contributed by atoms with Crippen molar-refractivity contribution in [3.8, 4) is 0 Å². The monoisotopic (exact) mass is 325 g/mol. The maximum Gasteiger partial charge on any atom is 0.242 e. The third-order valence-electron chi connectivity index (χ3n) is 3.10. The van der Waals surface area contributed by atoms with Crippen molar-refractivity contribution in [1.82, 2.24) is 9.71 Å². The van der Waals surface area contributed by atoms with E-state index in [-0.39, 0.29) is 15.7 Å². The van der Waals surface area contributed by atoms with Crippen molar-refractivity contribution in [3.63, 3.8) is 0 Å². The van der Waals surface area contributed by atoms with Gasteiger partial charge in [-0.3, -0.25) is 0 Å². The predicted octanol–water partition coefficient (Wildman–Crippen LogP) is 2.15. The summed E-state index contributed by atoms with van der Waals surface area (Å²) in [6, 6.07) is 9.14. The summed E-state index contributed by atoms with van der Waals surface area (Å²) in [5.74, 6) is 0.107. The van der Waals surface area contributed by atoms with Crippen molar-refractivity contribution in [3.05, 3.63) is 52.7 Å². The van der Waals surface area contributed by atoms with Gasteiger partial charge in [0.2, 0.25) is 10.0 Å². The van der Waals surface area contributed by atoms with E-state index < -0.39 is 10.0 Å². The van der Waals surface area contributed by atoms with Crippen molar-refractivity contribution in [2.45, 2.75) is 18.2 Å². The van der Waals surface area contributed by atoms with Crippen LogP contribution in [0.3, 0.4) is 0 Å². The zero-order valence-electron chi connectivity index (χ0n) is 11.5. The van der Waals surface area contributed by atoms with Crippen LogP contribution < -0.4 is 10.5 Å². The van der Waals surface area contributed by atoms with Crippen LogP contribution in [0.1, 0.15) is 11.1 Å². The zero-order valence-corrected chi connectivity index (χ0v) is 13.1. The lowest BCUT2D eigenvalue weighted by molar-refractivity contribution is 0.581. The fraction of sp³-hybridized carbons (Fsp3) is 0.214. The Hall–Kier alpha value is -1.63. The number of pyridine rings is 1. The number of halogens is 1. The van der Waals surface area contributed by atoms with Gasteiger partial charge in [0.1, 0.15) is 10.7 Å². The summed E-state index contributed by atoms with van der Waals surface area (Å²) >= 11 is 5.79. The minimum absolute atomic E-state index is 0.00600. The lowest BCUT2D eigenvalue weighted by Gasteiger charge is -2.09. The Bertz CT molecular complexity index is 748. The van der Waals surface area contributed by atoms with Gasteiger partial charge in [-0.2, -0.15) is 0 Å². The maximum atomic E-state index is 12.1. The summed E-state index contributed by atoms with van der Waals surface area (Å²) in [6.07, 6.45) is 1.80. The molecule has 0 spiro atoms. The van der Waals surface area contributed by atoms with Crippen LogP contribution in [0.5, 0.6) is 0 Å². The highest BCUT2D eigenvalue weighted by Gasteiger charge is 2.15. The fourth-order valence-corrected chi connectivity index (χ4v) is 3.10. The first-order valence-electron chi connectivity index (χ1n) is 6.35. The summed E-state index contributed by atoms with van der Waals surface area (Å²) in [6.45, 7) is 2.29. The molecule has 0 amide bonds. The molecule has 0 radical (unpaired) electrons. The second-order valence-corrected chi connectivity index (χ2v) is 6.79. The molecular formula is C14H16ClN3O2S. The van der Waals surface area contributed by atoms with Gasteiger partial charge in [-0.25, -0.2) is 18.1 Å². The molecule has 3 N–H and O–H groups in total. The van der Waals surface area contributed by atoms with E-state index in [1.807, 2.05) is 31.2 Å². The number of nitrogens with two attached hydrogens (primary N) is 1. The topological polar surface area (TPSA) is 85.1 Å². The van der Waals surface area contributed by atoms with E-state index in [0.717, 1.165) is 11.1 Å². The Labute approximate surface area is 129 Å². The van der Waals surface area contributed by atoms with Crippen LogP contribution >= 0.6 is 11.6 Å². The molecule has 1 aromatic heterocycles. The van der Waals surface area contributed by atoms with Gasteiger partial charge in [0.05, 0.1) is 5.02 Å². The number of hydrogen-bond donors (Lipinski definition) is 2. The molecule has 1 heterocycles. The molecule has 0 saturated carbocycles.